The van der Waals surface area contributed by atoms with Crippen LogP contribution in [0.3, 0.4) is 0 Å². The Morgan fingerprint density at radius 1 is 1.00 bits per heavy atom. The lowest BCUT2D eigenvalue weighted by Crippen LogP contribution is -2.20. The molecular weight excluding hydrogens is 304 g/mol. The predicted octanol–water partition coefficient (Wildman–Crippen LogP) is 3.05. The van der Waals surface area contributed by atoms with Gasteiger partial charge in [-0.05, 0) is 36.4 Å². The normalized spacial score (nSPS) is 9.08. The van der Waals surface area contributed by atoms with Gasteiger partial charge in [-0.2, -0.15) is 10.5 Å². The van der Waals surface area contributed by atoms with Gasteiger partial charge in [0.05, 0.1) is 0 Å². The van der Waals surface area contributed by atoms with Gasteiger partial charge in [0.2, 0.25) is 0 Å². The summed E-state index contributed by atoms with van der Waals surface area (Å²) in [7, 11) is 0. The second-order valence-electron chi connectivity index (χ2n) is 4.65. The third-order valence-corrected chi connectivity index (χ3v) is 2.91. The molecule has 118 valence electrons. The van der Waals surface area contributed by atoms with Gasteiger partial charge < -0.3 is 15.4 Å². The van der Waals surface area contributed by atoms with E-state index in [1.807, 2.05) is 18.2 Å². The van der Waals surface area contributed by atoms with Crippen molar-refractivity contribution < 1.29 is 9.53 Å². The van der Waals surface area contributed by atoms with Gasteiger partial charge in [0, 0.05) is 17.6 Å². The number of anilines is 2. The van der Waals surface area contributed by atoms with Crippen LogP contribution in [0.1, 0.15) is 0 Å². The number of nitriles is 2. The molecule has 0 bridgehead atoms. The zero-order valence-electron chi connectivity index (χ0n) is 12.7. The van der Waals surface area contributed by atoms with Crippen LogP contribution >= 0.6 is 0 Å². The number of para-hydroxylation sites is 1. The molecule has 0 unspecified atom stereocenters. The molecule has 1 amide bonds. The summed E-state index contributed by atoms with van der Waals surface area (Å²) >= 11 is 0. The second kappa shape index (κ2) is 8.62. The lowest BCUT2D eigenvalue weighted by atomic mass is 10.2. The highest BCUT2D eigenvalue weighted by atomic mass is 16.5. The monoisotopic (exact) mass is 318 g/mol. The number of nitrogens with zero attached hydrogens (tertiary/aromatic N) is 2. The van der Waals surface area contributed by atoms with Crippen molar-refractivity contribution in [2.45, 2.75) is 0 Å². The molecule has 24 heavy (non-hydrogen) atoms. The zero-order chi connectivity index (χ0) is 17.2. The molecule has 2 rings (SSSR count). The minimum atomic E-state index is -0.268. The number of carbonyl (C=O) groups excluding carboxylic acids is 1. The maximum atomic E-state index is 11.8. The van der Waals surface area contributed by atoms with Crippen LogP contribution in [0.25, 0.3) is 0 Å². The maximum Gasteiger partial charge on any atom is 0.262 e. The van der Waals surface area contributed by atoms with E-state index in [0.717, 1.165) is 0 Å². The van der Waals surface area contributed by atoms with E-state index in [1.54, 1.807) is 48.5 Å². The summed E-state index contributed by atoms with van der Waals surface area (Å²) in [5.41, 5.74) is 1.29. The molecule has 0 radical (unpaired) electrons. The second-order valence-corrected chi connectivity index (χ2v) is 4.65. The van der Waals surface area contributed by atoms with E-state index in [2.05, 4.69) is 10.6 Å². The first kappa shape index (κ1) is 16.6. The van der Waals surface area contributed by atoms with Gasteiger partial charge >= 0.3 is 0 Å². The van der Waals surface area contributed by atoms with Crippen molar-refractivity contribution in [3.05, 3.63) is 66.4 Å². The van der Waals surface area contributed by atoms with Crippen LogP contribution < -0.4 is 15.4 Å². The van der Waals surface area contributed by atoms with Crippen molar-refractivity contribution in [1.82, 2.24) is 0 Å². The van der Waals surface area contributed by atoms with E-state index in [-0.39, 0.29) is 18.1 Å². The number of amides is 1. The van der Waals surface area contributed by atoms with Gasteiger partial charge in [0.15, 0.2) is 6.61 Å². The van der Waals surface area contributed by atoms with E-state index < -0.39 is 0 Å². The molecule has 2 aromatic carbocycles. The topological polar surface area (TPSA) is 97.9 Å². The molecule has 0 aromatic heterocycles. The fourth-order valence-corrected chi connectivity index (χ4v) is 1.76. The Kier molecular flexibility index (Phi) is 5.96. The fraction of sp³-hybridized carbons (Fsp3) is 0.0556. The summed E-state index contributed by atoms with van der Waals surface area (Å²) in [4.78, 5) is 11.8. The van der Waals surface area contributed by atoms with Gasteiger partial charge in [-0.3, -0.25) is 4.79 Å². The predicted molar refractivity (Wildman–Crippen MR) is 89.9 cm³/mol. The third kappa shape index (κ3) is 5.21. The number of benzene rings is 2. The molecule has 0 aliphatic rings. The molecule has 0 aliphatic heterocycles. The molecule has 0 heterocycles. The Hall–Kier alpha value is -3.77. The van der Waals surface area contributed by atoms with Crippen LogP contribution in [0, 0.1) is 22.7 Å². The molecule has 6 heteroatoms. The first-order valence-corrected chi connectivity index (χ1v) is 7.06. The maximum absolute atomic E-state index is 11.8. The van der Waals surface area contributed by atoms with E-state index in [4.69, 9.17) is 15.3 Å². The molecule has 0 spiro atoms. The third-order valence-electron chi connectivity index (χ3n) is 2.91. The number of hydrogen-bond acceptors (Lipinski definition) is 5. The quantitative estimate of drug-likeness (QED) is 0.798. The van der Waals surface area contributed by atoms with E-state index >= 15 is 0 Å². The first-order valence-electron chi connectivity index (χ1n) is 7.06. The molecule has 0 saturated carbocycles. The Labute approximate surface area is 139 Å². The van der Waals surface area contributed by atoms with E-state index in [1.165, 1.54) is 6.20 Å². The summed E-state index contributed by atoms with van der Waals surface area (Å²) in [6.07, 6.45) is 1.32. The summed E-state index contributed by atoms with van der Waals surface area (Å²) in [6, 6.07) is 19.4. The van der Waals surface area contributed by atoms with Gasteiger partial charge in [-0.1, -0.05) is 18.2 Å². The minimum absolute atomic E-state index is 0.0227. The van der Waals surface area contributed by atoms with Crippen molar-refractivity contribution in [2.75, 3.05) is 17.2 Å². The van der Waals surface area contributed by atoms with Crippen LogP contribution in [0.15, 0.2) is 66.4 Å². The number of hydrogen-bond donors (Lipinski definition) is 2. The highest BCUT2D eigenvalue weighted by molar-refractivity contribution is 5.92. The number of allylic oxidation sites excluding steroid dienone is 1. The average Bonchev–Trinajstić information content (AvgIpc) is 2.63. The van der Waals surface area contributed by atoms with Crippen LogP contribution in [0.2, 0.25) is 0 Å². The molecule has 2 aromatic rings. The fourth-order valence-electron chi connectivity index (χ4n) is 1.76. The lowest BCUT2D eigenvalue weighted by Gasteiger charge is -2.08. The van der Waals surface area contributed by atoms with Crippen LogP contribution in [-0.4, -0.2) is 12.5 Å². The van der Waals surface area contributed by atoms with Gasteiger partial charge in [0.1, 0.15) is 23.5 Å². The molecule has 0 atom stereocenters. The lowest BCUT2D eigenvalue weighted by molar-refractivity contribution is -0.118. The molecule has 2 N–H and O–H groups in total. The van der Waals surface area contributed by atoms with Crippen molar-refractivity contribution in [3.63, 3.8) is 0 Å². The highest BCUT2D eigenvalue weighted by Crippen LogP contribution is 2.14. The summed E-state index contributed by atoms with van der Waals surface area (Å²) in [5.74, 6) is 0.362. The minimum Gasteiger partial charge on any atom is -0.484 e. The van der Waals surface area contributed by atoms with Crippen LogP contribution in [0.4, 0.5) is 11.4 Å². The molecule has 0 aliphatic carbocycles. The van der Waals surface area contributed by atoms with Gasteiger partial charge in [-0.15, -0.1) is 0 Å². The van der Waals surface area contributed by atoms with E-state index in [9.17, 15) is 4.79 Å². The molecule has 0 saturated heterocycles. The zero-order valence-corrected chi connectivity index (χ0v) is 12.7. The highest BCUT2D eigenvalue weighted by Gasteiger charge is 2.03. The summed E-state index contributed by atoms with van der Waals surface area (Å²) < 4.78 is 5.36. The van der Waals surface area contributed by atoms with Crippen LogP contribution in [0.5, 0.6) is 5.75 Å². The number of nitrogens with one attached hydrogen (secondary N) is 2. The Morgan fingerprint density at radius 2 is 1.62 bits per heavy atom. The number of rotatable bonds is 6. The molecule has 0 fully saturated rings. The van der Waals surface area contributed by atoms with Crippen molar-refractivity contribution >= 4 is 17.3 Å². The standard InChI is InChI=1S/C18H14N4O2/c19-10-14(11-20)12-21-15-6-8-16(9-7-15)22-18(23)13-24-17-4-2-1-3-5-17/h1-9,12,21H,13H2,(H,22,23). The molecule has 6 nitrogen and oxygen atoms in total. The number of carbonyl (C=O) groups is 1. The van der Waals surface area contributed by atoms with Crippen molar-refractivity contribution in [1.29, 1.82) is 10.5 Å². The van der Waals surface area contributed by atoms with Crippen molar-refractivity contribution in [2.24, 2.45) is 0 Å². The largest absolute Gasteiger partial charge is 0.484 e. The average molecular weight is 318 g/mol. The number of ether oxygens (including phenoxy) is 1. The van der Waals surface area contributed by atoms with Crippen LogP contribution in [-0.2, 0) is 4.79 Å². The van der Waals surface area contributed by atoms with E-state index in [0.29, 0.717) is 17.1 Å². The SMILES string of the molecule is N#CC(C#N)=CNc1ccc(NC(=O)COc2ccccc2)cc1. The van der Waals surface area contributed by atoms with Gasteiger partial charge in [0.25, 0.3) is 5.91 Å². The Balaban J connectivity index is 1.85. The van der Waals surface area contributed by atoms with Gasteiger partial charge in [-0.25, -0.2) is 0 Å². The Morgan fingerprint density at radius 3 is 2.25 bits per heavy atom. The summed E-state index contributed by atoms with van der Waals surface area (Å²) in [6.45, 7) is -0.0829. The summed E-state index contributed by atoms with van der Waals surface area (Å²) in [5, 5.41) is 22.8. The molecular formula is C18H14N4O2. The first-order chi connectivity index (χ1) is 11.7. The Bertz CT molecular complexity index is 784. The smallest absolute Gasteiger partial charge is 0.262 e. The van der Waals surface area contributed by atoms with Crippen molar-refractivity contribution in [3.8, 4) is 17.9 Å².